The van der Waals surface area contributed by atoms with Crippen LogP contribution in [0.5, 0.6) is 0 Å². The molecule has 0 heterocycles. The summed E-state index contributed by atoms with van der Waals surface area (Å²) in [5, 5.41) is 3.54. The molecule has 104 valence electrons. The number of hydrogen-bond donors (Lipinski definition) is 1. The summed E-state index contributed by atoms with van der Waals surface area (Å²) >= 11 is 0. The van der Waals surface area contributed by atoms with Gasteiger partial charge in [0.1, 0.15) is 0 Å². The molecule has 0 aliphatic rings. The van der Waals surface area contributed by atoms with Gasteiger partial charge in [-0.3, -0.25) is 0 Å². The zero-order valence-corrected chi connectivity index (χ0v) is 12.7. The fourth-order valence-corrected chi connectivity index (χ4v) is 1.96. The van der Waals surface area contributed by atoms with E-state index in [4.69, 9.17) is 0 Å². The van der Waals surface area contributed by atoms with E-state index in [0.29, 0.717) is 6.04 Å². The molecule has 0 saturated carbocycles. The summed E-state index contributed by atoms with van der Waals surface area (Å²) in [7, 11) is 0. The van der Waals surface area contributed by atoms with Gasteiger partial charge in [-0.1, -0.05) is 53.6 Å². The summed E-state index contributed by atoms with van der Waals surface area (Å²) in [6.07, 6.45) is 6.92. The number of allylic oxidation sites excluding steroid dienone is 3. The normalized spacial score (nSPS) is 13.2. The molecule has 1 N–H and O–H groups in total. The molecule has 0 aliphatic carbocycles. The molecule has 1 unspecified atom stereocenters. The van der Waals surface area contributed by atoms with Gasteiger partial charge in [0, 0.05) is 12.6 Å². The highest BCUT2D eigenvalue weighted by molar-refractivity contribution is 5.18. The molecule has 0 amide bonds. The molecule has 1 nitrogen and oxygen atoms in total. The van der Waals surface area contributed by atoms with Crippen molar-refractivity contribution in [2.45, 2.75) is 46.6 Å². The van der Waals surface area contributed by atoms with Gasteiger partial charge in [0.25, 0.3) is 0 Å². The maximum atomic E-state index is 3.54. The highest BCUT2D eigenvalue weighted by Gasteiger charge is 2.01. The van der Waals surface area contributed by atoms with Crippen LogP contribution in [0, 0.1) is 0 Å². The van der Waals surface area contributed by atoms with Crippen LogP contribution in [0.3, 0.4) is 0 Å². The highest BCUT2D eigenvalue weighted by atomic mass is 14.9. The van der Waals surface area contributed by atoms with Crippen molar-refractivity contribution in [3.8, 4) is 0 Å². The largest absolute Gasteiger partial charge is 0.307 e. The first kappa shape index (κ1) is 15.7. The lowest BCUT2D eigenvalue weighted by Gasteiger charge is -2.12. The second-order valence-corrected chi connectivity index (χ2v) is 5.41. The van der Waals surface area contributed by atoms with Crippen molar-refractivity contribution in [2.75, 3.05) is 6.54 Å². The monoisotopic (exact) mass is 257 g/mol. The molecular weight excluding hydrogens is 230 g/mol. The van der Waals surface area contributed by atoms with E-state index in [1.807, 2.05) is 0 Å². The van der Waals surface area contributed by atoms with Crippen LogP contribution in [-0.4, -0.2) is 6.54 Å². The van der Waals surface area contributed by atoms with Crippen LogP contribution in [0.4, 0.5) is 0 Å². The van der Waals surface area contributed by atoms with Gasteiger partial charge in [0.2, 0.25) is 0 Å². The van der Waals surface area contributed by atoms with Crippen LogP contribution in [-0.2, 0) is 0 Å². The van der Waals surface area contributed by atoms with Gasteiger partial charge in [0.05, 0.1) is 0 Å². The Balaban J connectivity index is 2.30. The van der Waals surface area contributed by atoms with E-state index in [-0.39, 0.29) is 0 Å². The summed E-state index contributed by atoms with van der Waals surface area (Å²) in [6, 6.07) is 11.0. The van der Waals surface area contributed by atoms with Crippen LogP contribution < -0.4 is 5.32 Å². The Bertz CT molecular complexity index is 411. The highest BCUT2D eigenvalue weighted by Crippen LogP contribution is 2.11. The fraction of sp³-hybridized carbons (Fsp3) is 0.444. The lowest BCUT2D eigenvalue weighted by Crippen LogP contribution is -2.18. The Hall–Kier alpha value is -1.34. The molecule has 0 aliphatic heterocycles. The molecule has 0 spiro atoms. The molecule has 0 bridgehead atoms. The molecule has 0 radical (unpaired) electrons. The molecule has 0 saturated heterocycles. The number of rotatable bonds is 7. The van der Waals surface area contributed by atoms with E-state index in [1.165, 1.54) is 16.7 Å². The van der Waals surface area contributed by atoms with Gasteiger partial charge >= 0.3 is 0 Å². The zero-order chi connectivity index (χ0) is 14.1. The van der Waals surface area contributed by atoms with E-state index in [0.717, 1.165) is 19.4 Å². The minimum Gasteiger partial charge on any atom is -0.307 e. The van der Waals surface area contributed by atoms with Crippen molar-refractivity contribution >= 4 is 0 Å². The average Bonchev–Trinajstić information content (AvgIpc) is 2.39. The van der Waals surface area contributed by atoms with Gasteiger partial charge < -0.3 is 5.32 Å². The lowest BCUT2D eigenvalue weighted by atomic mass is 10.1. The van der Waals surface area contributed by atoms with Crippen molar-refractivity contribution in [3.05, 3.63) is 59.2 Å². The Morgan fingerprint density at radius 1 is 1.11 bits per heavy atom. The van der Waals surface area contributed by atoms with Crippen molar-refractivity contribution in [1.29, 1.82) is 0 Å². The Morgan fingerprint density at radius 3 is 2.42 bits per heavy atom. The first-order valence-electron chi connectivity index (χ1n) is 7.17. The first-order chi connectivity index (χ1) is 9.09. The molecule has 0 fully saturated rings. The Labute approximate surface area is 118 Å². The van der Waals surface area contributed by atoms with Crippen molar-refractivity contribution in [1.82, 2.24) is 5.32 Å². The van der Waals surface area contributed by atoms with Crippen LogP contribution >= 0.6 is 0 Å². The van der Waals surface area contributed by atoms with Crippen LogP contribution in [0.15, 0.2) is 53.6 Å². The van der Waals surface area contributed by atoms with E-state index in [1.54, 1.807) is 0 Å². The minimum absolute atomic E-state index is 0.406. The average molecular weight is 257 g/mol. The fourth-order valence-electron chi connectivity index (χ4n) is 1.96. The predicted molar refractivity (Wildman–Crippen MR) is 85.3 cm³/mol. The standard InChI is InChI=1S/C18H27N/c1-15(2)9-8-10-16(3)13-14-19-17(4)18-11-6-5-7-12-18/h5-7,9,11-13,17,19H,8,10,14H2,1-4H3. The molecule has 1 rings (SSSR count). The number of nitrogens with one attached hydrogen (secondary N) is 1. The lowest BCUT2D eigenvalue weighted by molar-refractivity contribution is 0.615. The molecular formula is C18H27N. The number of benzene rings is 1. The summed E-state index contributed by atoms with van der Waals surface area (Å²) in [4.78, 5) is 0. The third kappa shape index (κ3) is 6.97. The molecule has 0 aromatic heterocycles. The van der Waals surface area contributed by atoms with E-state index in [9.17, 15) is 0 Å². The minimum atomic E-state index is 0.406. The maximum absolute atomic E-state index is 3.54. The number of hydrogen-bond acceptors (Lipinski definition) is 1. The predicted octanol–water partition coefficient (Wildman–Crippen LogP) is 5.03. The van der Waals surface area contributed by atoms with Gasteiger partial charge in [-0.25, -0.2) is 0 Å². The molecule has 19 heavy (non-hydrogen) atoms. The van der Waals surface area contributed by atoms with Crippen LogP contribution in [0.25, 0.3) is 0 Å². The first-order valence-corrected chi connectivity index (χ1v) is 7.17. The molecule has 1 heteroatoms. The Kier molecular flexibility index (Phi) is 7.20. The summed E-state index contributed by atoms with van der Waals surface area (Å²) in [5.74, 6) is 0. The summed E-state index contributed by atoms with van der Waals surface area (Å²) in [5.41, 5.74) is 4.21. The van der Waals surface area contributed by atoms with Gasteiger partial charge in [0.15, 0.2) is 0 Å². The van der Waals surface area contributed by atoms with Gasteiger partial charge in [-0.15, -0.1) is 0 Å². The van der Waals surface area contributed by atoms with Crippen molar-refractivity contribution < 1.29 is 0 Å². The maximum Gasteiger partial charge on any atom is 0.0294 e. The van der Waals surface area contributed by atoms with E-state index >= 15 is 0 Å². The van der Waals surface area contributed by atoms with Crippen molar-refractivity contribution in [3.63, 3.8) is 0 Å². The van der Waals surface area contributed by atoms with E-state index < -0.39 is 0 Å². The third-order valence-electron chi connectivity index (χ3n) is 3.27. The van der Waals surface area contributed by atoms with E-state index in [2.05, 4.69) is 75.5 Å². The Morgan fingerprint density at radius 2 is 1.79 bits per heavy atom. The van der Waals surface area contributed by atoms with Crippen LogP contribution in [0.2, 0.25) is 0 Å². The molecule has 1 aromatic rings. The third-order valence-corrected chi connectivity index (χ3v) is 3.27. The second kappa shape index (κ2) is 8.71. The summed E-state index contributed by atoms with van der Waals surface area (Å²) in [6.45, 7) is 9.68. The second-order valence-electron chi connectivity index (χ2n) is 5.41. The van der Waals surface area contributed by atoms with Crippen LogP contribution in [0.1, 0.15) is 52.1 Å². The quantitative estimate of drug-likeness (QED) is 0.675. The zero-order valence-electron chi connectivity index (χ0n) is 12.7. The smallest absolute Gasteiger partial charge is 0.0294 e. The van der Waals surface area contributed by atoms with Gasteiger partial charge in [-0.2, -0.15) is 0 Å². The molecule has 1 aromatic carbocycles. The van der Waals surface area contributed by atoms with Gasteiger partial charge in [-0.05, 0) is 46.1 Å². The topological polar surface area (TPSA) is 12.0 Å². The van der Waals surface area contributed by atoms with Crippen molar-refractivity contribution in [2.24, 2.45) is 0 Å². The summed E-state index contributed by atoms with van der Waals surface area (Å²) < 4.78 is 0. The molecule has 1 atom stereocenters. The SMILES string of the molecule is CC(C)=CCCC(C)=CCNC(C)c1ccccc1.